The van der Waals surface area contributed by atoms with E-state index in [-0.39, 0.29) is 17.0 Å². The highest BCUT2D eigenvalue weighted by molar-refractivity contribution is 5.82. The predicted molar refractivity (Wildman–Crippen MR) is 64.3 cm³/mol. The molecule has 2 rings (SSSR count). The van der Waals surface area contributed by atoms with E-state index in [0.717, 1.165) is 0 Å². The van der Waals surface area contributed by atoms with Crippen LogP contribution in [0.2, 0.25) is 0 Å². The van der Waals surface area contributed by atoms with Crippen LogP contribution in [0.4, 0.5) is 11.4 Å². The number of para-hydroxylation sites is 1. The molecule has 0 bridgehead atoms. The van der Waals surface area contributed by atoms with Crippen molar-refractivity contribution in [2.24, 2.45) is 0 Å². The van der Waals surface area contributed by atoms with Crippen LogP contribution in [0.25, 0.3) is 0 Å². The third-order valence-electron chi connectivity index (χ3n) is 2.98. The SMILES string of the molecule is N#Cc1cccc(N2CCC(=O)CC2)c1[N+](=O)[O-]. The molecule has 18 heavy (non-hydrogen) atoms. The Labute approximate surface area is 104 Å². The Morgan fingerprint density at radius 1 is 1.33 bits per heavy atom. The number of hydrogen-bond acceptors (Lipinski definition) is 5. The second kappa shape index (κ2) is 4.84. The first kappa shape index (κ1) is 12.0. The van der Waals surface area contributed by atoms with Crippen LogP contribution in [0, 0.1) is 21.4 Å². The summed E-state index contributed by atoms with van der Waals surface area (Å²) in [6, 6.07) is 6.50. The first-order valence-corrected chi connectivity index (χ1v) is 5.57. The average molecular weight is 245 g/mol. The highest BCUT2D eigenvalue weighted by Gasteiger charge is 2.26. The van der Waals surface area contributed by atoms with E-state index in [1.807, 2.05) is 6.07 Å². The summed E-state index contributed by atoms with van der Waals surface area (Å²) in [7, 11) is 0. The Morgan fingerprint density at radius 3 is 2.56 bits per heavy atom. The largest absolute Gasteiger partial charge is 0.365 e. The third kappa shape index (κ3) is 2.15. The molecule has 92 valence electrons. The van der Waals surface area contributed by atoms with Crippen molar-refractivity contribution >= 4 is 17.2 Å². The number of nitro benzene ring substituents is 1. The second-order valence-corrected chi connectivity index (χ2v) is 4.07. The maximum atomic E-state index is 11.2. The highest BCUT2D eigenvalue weighted by Crippen LogP contribution is 2.32. The van der Waals surface area contributed by atoms with Crippen LogP contribution in [0.3, 0.4) is 0 Å². The zero-order valence-corrected chi connectivity index (χ0v) is 9.63. The van der Waals surface area contributed by atoms with Crippen LogP contribution in [-0.4, -0.2) is 23.8 Å². The van der Waals surface area contributed by atoms with Crippen molar-refractivity contribution in [3.05, 3.63) is 33.9 Å². The molecular formula is C12H11N3O3. The molecule has 0 atom stereocenters. The van der Waals surface area contributed by atoms with Crippen LogP contribution in [0.1, 0.15) is 18.4 Å². The van der Waals surface area contributed by atoms with E-state index in [4.69, 9.17) is 5.26 Å². The summed E-state index contributed by atoms with van der Waals surface area (Å²) in [6.07, 6.45) is 0.794. The molecule has 1 aromatic rings. The van der Waals surface area contributed by atoms with Gasteiger partial charge in [0, 0.05) is 25.9 Å². The maximum Gasteiger partial charge on any atom is 0.310 e. The van der Waals surface area contributed by atoms with E-state index in [0.29, 0.717) is 31.6 Å². The van der Waals surface area contributed by atoms with E-state index < -0.39 is 4.92 Å². The van der Waals surface area contributed by atoms with Crippen LogP contribution in [0.5, 0.6) is 0 Å². The van der Waals surface area contributed by atoms with E-state index in [2.05, 4.69) is 0 Å². The standard InChI is InChI=1S/C12H11N3O3/c13-8-9-2-1-3-11(12(9)15(17)18)14-6-4-10(16)5-7-14/h1-3H,4-7H2. The van der Waals surface area contributed by atoms with Gasteiger partial charge in [0.1, 0.15) is 23.1 Å². The van der Waals surface area contributed by atoms with Crippen LogP contribution in [-0.2, 0) is 4.79 Å². The van der Waals surface area contributed by atoms with Gasteiger partial charge < -0.3 is 4.90 Å². The smallest absolute Gasteiger partial charge is 0.310 e. The summed E-state index contributed by atoms with van der Waals surface area (Å²) in [4.78, 5) is 23.5. The number of anilines is 1. The van der Waals surface area contributed by atoms with Crippen molar-refractivity contribution in [1.82, 2.24) is 0 Å². The van der Waals surface area contributed by atoms with E-state index in [1.165, 1.54) is 6.07 Å². The minimum atomic E-state index is -0.537. The fraction of sp³-hybridized carbons (Fsp3) is 0.333. The summed E-state index contributed by atoms with van der Waals surface area (Å²) in [5, 5.41) is 20.0. The summed E-state index contributed by atoms with van der Waals surface area (Å²) >= 11 is 0. The Kier molecular flexibility index (Phi) is 3.24. The van der Waals surface area contributed by atoms with Gasteiger partial charge in [0.15, 0.2) is 0 Å². The Morgan fingerprint density at radius 2 is 2.00 bits per heavy atom. The predicted octanol–water partition coefficient (Wildman–Crippen LogP) is 1.64. The number of benzene rings is 1. The fourth-order valence-electron chi connectivity index (χ4n) is 2.07. The van der Waals surface area contributed by atoms with Gasteiger partial charge in [-0.3, -0.25) is 14.9 Å². The molecule has 0 saturated carbocycles. The van der Waals surface area contributed by atoms with Crippen molar-refractivity contribution in [3.8, 4) is 6.07 Å². The third-order valence-corrected chi connectivity index (χ3v) is 2.98. The van der Waals surface area contributed by atoms with E-state index >= 15 is 0 Å². The van der Waals surface area contributed by atoms with Crippen molar-refractivity contribution in [1.29, 1.82) is 5.26 Å². The van der Waals surface area contributed by atoms with E-state index in [9.17, 15) is 14.9 Å². The first-order chi connectivity index (χ1) is 8.63. The van der Waals surface area contributed by atoms with Crippen molar-refractivity contribution < 1.29 is 9.72 Å². The maximum absolute atomic E-state index is 11.2. The lowest BCUT2D eigenvalue weighted by atomic mass is 10.1. The van der Waals surface area contributed by atoms with Gasteiger partial charge >= 0.3 is 5.69 Å². The first-order valence-electron chi connectivity index (χ1n) is 5.57. The zero-order chi connectivity index (χ0) is 13.1. The number of ketones is 1. The van der Waals surface area contributed by atoms with Gasteiger partial charge in [-0.05, 0) is 12.1 Å². The van der Waals surface area contributed by atoms with Gasteiger partial charge in [-0.25, -0.2) is 0 Å². The average Bonchev–Trinajstić information content (AvgIpc) is 2.38. The van der Waals surface area contributed by atoms with Crippen LogP contribution in [0.15, 0.2) is 18.2 Å². The molecule has 0 N–H and O–H groups in total. The topological polar surface area (TPSA) is 87.2 Å². The molecule has 0 amide bonds. The molecule has 0 aromatic heterocycles. The summed E-state index contributed by atoms with van der Waals surface area (Å²) < 4.78 is 0. The normalized spacial score (nSPS) is 15.3. The second-order valence-electron chi connectivity index (χ2n) is 4.07. The molecule has 0 unspecified atom stereocenters. The molecule has 1 aromatic carbocycles. The van der Waals surface area contributed by atoms with Crippen molar-refractivity contribution in [2.75, 3.05) is 18.0 Å². The molecule has 1 aliphatic heterocycles. The summed E-state index contributed by atoms with van der Waals surface area (Å²) in [6.45, 7) is 0.934. The van der Waals surface area contributed by atoms with Gasteiger partial charge in [0.25, 0.3) is 0 Å². The van der Waals surface area contributed by atoms with Crippen molar-refractivity contribution in [2.45, 2.75) is 12.8 Å². The van der Waals surface area contributed by atoms with Crippen molar-refractivity contribution in [3.63, 3.8) is 0 Å². The number of rotatable bonds is 2. The Balaban J connectivity index is 2.41. The summed E-state index contributed by atoms with van der Waals surface area (Å²) in [5.41, 5.74) is 0.301. The van der Waals surface area contributed by atoms with Gasteiger partial charge in [-0.2, -0.15) is 5.26 Å². The minimum absolute atomic E-state index is 0.0504. The number of piperidine rings is 1. The monoisotopic (exact) mass is 245 g/mol. The van der Waals surface area contributed by atoms with Crippen LogP contribution >= 0.6 is 0 Å². The molecule has 0 spiro atoms. The van der Waals surface area contributed by atoms with Crippen LogP contribution < -0.4 is 4.90 Å². The quantitative estimate of drug-likeness (QED) is 0.583. The molecule has 1 fully saturated rings. The van der Waals surface area contributed by atoms with Gasteiger partial charge in [-0.1, -0.05) is 6.07 Å². The number of nitriles is 1. The lowest BCUT2D eigenvalue weighted by Gasteiger charge is -2.27. The van der Waals surface area contributed by atoms with E-state index in [1.54, 1.807) is 17.0 Å². The number of hydrogen-bond donors (Lipinski definition) is 0. The molecular weight excluding hydrogens is 234 g/mol. The van der Waals surface area contributed by atoms with Gasteiger partial charge in [-0.15, -0.1) is 0 Å². The minimum Gasteiger partial charge on any atom is -0.365 e. The number of nitrogens with zero attached hydrogens (tertiary/aromatic N) is 3. The lowest BCUT2D eigenvalue weighted by molar-refractivity contribution is -0.384. The molecule has 1 heterocycles. The molecule has 6 nitrogen and oxygen atoms in total. The number of carbonyl (C=O) groups is 1. The Hall–Kier alpha value is -2.42. The highest BCUT2D eigenvalue weighted by atomic mass is 16.6. The molecule has 0 radical (unpaired) electrons. The van der Waals surface area contributed by atoms with Gasteiger partial charge in [0.05, 0.1) is 4.92 Å². The van der Waals surface area contributed by atoms with Gasteiger partial charge in [0.2, 0.25) is 0 Å². The molecule has 6 heteroatoms. The number of Topliss-reactive ketones (excluding diaryl/α,β-unsaturated/α-hetero) is 1. The molecule has 0 aliphatic carbocycles. The number of carbonyl (C=O) groups excluding carboxylic acids is 1. The zero-order valence-electron chi connectivity index (χ0n) is 9.63. The Bertz CT molecular complexity index is 538. The molecule has 1 aliphatic rings. The fourth-order valence-corrected chi connectivity index (χ4v) is 2.07. The molecule has 1 saturated heterocycles. The number of nitro groups is 1. The summed E-state index contributed by atoms with van der Waals surface area (Å²) in [5.74, 6) is 0.172. The lowest BCUT2D eigenvalue weighted by Crippen LogP contribution is -2.34.